The van der Waals surface area contributed by atoms with E-state index in [1.54, 1.807) is 6.07 Å². The Balaban J connectivity index is 1.31. The minimum Gasteiger partial charge on any atom is -0.366 e. The maximum atomic E-state index is 14.2. The molecule has 6 nitrogen and oxygen atoms in total. The Morgan fingerprint density at radius 2 is 1.44 bits per heavy atom. The SMILES string of the molecule is O=C(NCCc1ccccc1)c1nnc(N2CCN(c3ccccc3F)CC2)c2ccccc12. The van der Waals surface area contributed by atoms with Gasteiger partial charge >= 0.3 is 0 Å². The number of anilines is 2. The zero-order chi connectivity index (χ0) is 23.3. The van der Waals surface area contributed by atoms with Gasteiger partial charge in [-0.25, -0.2) is 4.39 Å². The number of para-hydroxylation sites is 1. The molecule has 172 valence electrons. The number of fused-ring (bicyclic) bond motifs is 1. The average Bonchev–Trinajstić information content (AvgIpc) is 2.89. The van der Waals surface area contributed by atoms with Crippen LogP contribution >= 0.6 is 0 Å². The lowest BCUT2D eigenvalue weighted by atomic mass is 10.1. The molecular formula is C27H26FN5O. The van der Waals surface area contributed by atoms with Crippen LogP contribution in [0.25, 0.3) is 10.8 Å². The lowest BCUT2D eigenvalue weighted by Crippen LogP contribution is -2.47. The van der Waals surface area contributed by atoms with Crippen LogP contribution in [0, 0.1) is 5.82 Å². The summed E-state index contributed by atoms with van der Waals surface area (Å²) in [5.41, 5.74) is 2.13. The number of benzene rings is 3. The van der Waals surface area contributed by atoms with Gasteiger partial charge in [0.15, 0.2) is 11.5 Å². The van der Waals surface area contributed by atoms with E-state index in [4.69, 9.17) is 0 Å². The Kier molecular flexibility index (Phi) is 6.33. The van der Waals surface area contributed by atoms with E-state index in [1.807, 2.05) is 66.7 Å². The zero-order valence-corrected chi connectivity index (χ0v) is 18.8. The number of nitrogens with zero attached hydrogens (tertiary/aromatic N) is 4. The molecular weight excluding hydrogens is 429 g/mol. The molecule has 34 heavy (non-hydrogen) atoms. The van der Waals surface area contributed by atoms with Gasteiger partial charge in [0.1, 0.15) is 5.82 Å². The molecule has 1 fully saturated rings. The van der Waals surface area contributed by atoms with Crippen molar-refractivity contribution < 1.29 is 9.18 Å². The van der Waals surface area contributed by atoms with Crippen molar-refractivity contribution in [2.75, 3.05) is 42.5 Å². The van der Waals surface area contributed by atoms with Gasteiger partial charge < -0.3 is 15.1 Å². The molecule has 0 saturated carbocycles. The molecule has 0 unspecified atom stereocenters. The van der Waals surface area contributed by atoms with E-state index in [1.165, 1.54) is 11.6 Å². The van der Waals surface area contributed by atoms with Gasteiger partial charge in [-0.1, -0.05) is 66.7 Å². The number of hydrogen-bond donors (Lipinski definition) is 1. The molecule has 7 heteroatoms. The fourth-order valence-electron chi connectivity index (χ4n) is 4.41. The predicted molar refractivity (Wildman–Crippen MR) is 133 cm³/mol. The van der Waals surface area contributed by atoms with E-state index >= 15 is 0 Å². The molecule has 4 aromatic rings. The Labute approximate surface area is 198 Å². The van der Waals surface area contributed by atoms with Crippen molar-refractivity contribution in [2.24, 2.45) is 0 Å². The van der Waals surface area contributed by atoms with Gasteiger partial charge in [-0.3, -0.25) is 4.79 Å². The molecule has 0 bridgehead atoms. The molecule has 0 radical (unpaired) electrons. The Morgan fingerprint density at radius 3 is 2.21 bits per heavy atom. The topological polar surface area (TPSA) is 61.4 Å². The van der Waals surface area contributed by atoms with Crippen molar-refractivity contribution in [1.29, 1.82) is 0 Å². The fraction of sp³-hybridized carbons (Fsp3) is 0.222. The molecule has 0 spiro atoms. The summed E-state index contributed by atoms with van der Waals surface area (Å²) >= 11 is 0. The quantitative estimate of drug-likeness (QED) is 0.475. The first-order valence-electron chi connectivity index (χ1n) is 11.5. The first-order valence-corrected chi connectivity index (χ1v) is 11.5. The van der Waals surface area contributed by atoms with Gasteiger partial charge in [-0.05, 0) is 24.1 Å². The first-order chi connectivity index (χ1) is 16.7. The standard InChI is InChI=1S/C27H26FN5O/c28-23-12-6-7-13-24(23)32-16-18-33(19-17-32)26-22-11-5-4-10-21(22)25(30-31-26)27(34)29-15-14-20-8-2-1-3-9-20/h1-13H,14-19H2,(H,29,34). The zero-order valence-electron chi connectivity index (χ0n) is 18.8. The van der Waals surface area contributed by atoms with Crippen LogP contribution in [-0.2, 0) is 6.42 Å². The van der Waals surface area contributed by atoms with Crippen LogP contribution in [0.5, 0.6) is 0 Å². The van der Waals surface area contributed by atoms with E-state index in [9.17, 15) is 9.18 Å². The molecule has 1 amide bonds. The minimum atomic E-state index is -0.226. The third-order valence-corrected chi connectivity index (χ3v) is 6.20. The Bertz CT molecular complexity index is 1290. The summed E-state index contributed by atoms with van der Waals surface area (Å²) in [6, 6.07) is 24.6. The molecule has 1 saturated heterocycles. The number of piperazine rings is 1. The van der Waals surface area contributed by atoms with Crippen molar-refractivity contribution >= 4 is 28.2 Å². The number of carbonyl (C=O) groups excluding carboxylic acids is 1. The van der Waals surface area contributed by atoms with Gasteiger partial charge in [-0.2, -0.15) is 0 Å². The number of amides is 1. The maximum absolute atomic E-state index is 14.2. The molecule has 0 atom stereocenters. The van der Waals surface area contributed by atoms with Gasteiger partial charge in [0.05, 0.1) is 5.69 Å². The van der Waals surface area contributed by atoms with E-state index in [-0.39, 0.29) is 11.7 Å². The summed E-state index contributed by atoms with van der Waals surface area (Å²) in [4.78, 5) is 17.1. The average molecular weight is 456 g/mol. The van der Waals surface area contributed by atoms with Crippen molar-refractivity contribution in [2.45, 2.75) is 6.42 Å². The third-order valence-electron chi connectivity index (χ3n) is 6.20. The molecule has 2 heterocycles. The highest BCUT2D eigenvalue weighted by Crippen LogP contribution is 2.28. The van der Waals surface area contributed by atoms with E-state index in [0.717, 1.165) is 23.0 Å². The van der Waals surface area contributed by atoms with E-state index in [0.29, 0.717) is 44.1 Å². The molecule has 0 aliphatic carbocycles. The number of carbonyl (C=O) groups is 1. The molecule has 1 N–H and O–H groups in total. The van der Waals surface area contributed by atoms with Gasteiger partial charge in [0.2, 0.25) is 0 Å². The van der Waals surface area contributed by atoms with Crippen molar-refractivity contribution in [3.63, 3.8) is 0 Å². The highest BCUT2D eigenvalue weighted by molar-refractivity contribution is 6.07. The van der Waals surface area contributed by atoms with E-state index in [2.05, 4.69) is 25.3 Å². The summed E-state index contributed by atoms with van der Waals surface area (Å²) in [7, 11) is 0. The van der Waals surface area contributed by atoms with Crippen LogP contribution in [0.2, 0.25) is 0 Å². The lowest BCUT2D eigenvalue weighted by Gasteiger charge is -2.37. The Morgan fingerprint density at radius 1 is 0.794 bits per heavy atom. The minimum absolute atomic E-state index is 0.205. The van der Waals surface area contributed by atoms with E-state index < -0.39 is 0 Å². The van der Waals surface area contributed by atoms with Crippen LogP contribution in [0.4, 0.5) is 15.9 Å². The van der Waals surface area contributed by atoms with Crippen LogP contribution in [0.15, 0.2) is 78.9 Å². The fourth-order valence-corrected chi connectivity index (χ4v) is 4.41. The summed E-state index contributed by atoms with van der Waals surface area (Å²) in [5.74, 6) is 0.323. The molecule has 1 aliphatic heterocycles. The normalized spacial score (nSPS) is 13.8. The van der Waals surface area contributed by atoms with Gasteiger partial charge in [-0.15, -0.1) is 10.2 Å². The second kappa shape index (κ2) is 9.87. The number of halogens is 1. The number of nitrogens with one attached hydrogen (secondary N) is 1. The van der Waals surface area contributed by atoms with Crippen LogP contribution < -0.4 is 15.1 Å². The van der Waals surface area contributed by atoms with Crippen LogP contribution in [0.3, 0.4) is 0 Å². The summed E-state index contributed by atoms with van der Waals surface area (Å²) in [6.07, 6.45) is 0.752. The highest BCUT2D eigenvalue weighted by atomic mass is 19.1. The van der Waals surface area contributed by atoms with Gasteiger partial charge in [0.25, 0.3) is 5.91 Å². The summed E-state index contributed by atoms with van der Waals surface area (Å²) in [5, 5.41) is 13.4. The number of hydrogen-bond acceptors (Lipinski definition) is 5. The molecule has 3 aromatic carbocycles. The molecule has 5 rings (SSSR count). The highest BCUT2D eigenvalue weighted by Gasteiger charge is 2.23. The lowest BCUT2D eigenvalue weighted by molar-refractivity contribution is 0.0950. The van der Waals surface area contributed by atoms with Crippen molar-refractivity contribution in [3.05, 3.63) is 95.9 Å². The first kappa shape index (κ1) is 21.8. The predicted octanol–water partition coefficient (Wildman–Crippen LogP) is 4.07. The number of rotatable bonds is 6. The monoisotopic (exact) mass is 455 g/mol. The summed E-state index contributed by atoms with van der Waals surface area (Å²) in [6.45, 7) is 3.27. The molecule has 1 aliphatic rings. The van der Waals surface area contributed by atoms with Crippen molar-refractivity contribution in [3.8, 4) is 0 Å². The second-order valence-electron chi connectivity index (χ2n) is 8.33. The summed E-state index contributed by atoms with van der Waals surface area (Å²) < 4.78 is 14.2. The second-order valence-corrected chi connectivity index (χ2v) is 8.33. The van der Waals surface area contributed by atoms with Crippen LogP contribution in [-0.4, -0.2) is 48.8 Å². The van der Waals surface area contributed by atoms with Gasteiger partial charge in [0, 0.05) is 43.5 Å². The third kappa shape index (κ3) is 4.55. The van der Waals surface area contributed by atoms with Crippen LogP contribution in [0.1, 0.15) is 16.1 Å². The molecule has 1 aromatic heterocycles. The Hall–Kier alpha value is -4.00. The largest absolute Gasteiger partial charge is 0.366 e. The number of aromatic nitrogens is 2. The smallest absolute Gasteiger partial charge is 0.272 e. The van der Waals surface area contributed by atoms with Crippen molar-refractivity contribution in [1.82, 2.24) is 15.5 Å². The maximum Gasteiger partial charge on any atom is 0.272 e.